The number of hydrogen-bond acceptors (Lipinski definition) is 6. The minimum absolute atomic E-state index is 0.505. The molecule has 2 heterocycles. The molecule has 2 aliphatic carbocycles. The standard InChI is InChI=1S/2C11H20BrN3OSi/c1-17(2,3)7-6-16-8-15-10(9-4-5-9)13-11(12)14-15;1-17(2,3)7-6-16-8-15-11(12)13-10(14-15)9-4-5-9/h2*9H,4-8H2,1-3H3. The summed E-state index contributed by atoms with van der Waals surface area (Å²) in [6, 6.07) is 2.39. The second-order valence-corrected chi connectivity index (χ2v) is 24.4. The largest absolute Gasteiger partial charge is 0.359 e. The minimum atomic E-state index is -0.994. The van der Waals surface area contributed by atoms with Gasteiger partial charge in [-0.2, -0.15) is 5.10 Å². The Bertz CT molecular complexity index is 918. The van der Waals surface area contributed by atoms with Gasteiger partial charge < -0.3 is 9.47 Å². The van der Waals surface area contributed by atoms with Crippen LogP contribution in [0.15, 0.2) is 9.47 Å². The Morgan fingerprint density at radius 3 is 1.79 bits per heavy atom. The zero-order chi connectivity index (χ0) is 24.9. The van der Waals surface area contributed by atoms with Crippen molar-refractivity contribution in [3.63, 3.8) is 0 Å². The van der Waals surface area contributed by atoms with E-state index in [0.717, 1.165) is 29.6 Å². The second kappa shape index (κ2) is 12.2. The van der Waals surface area contributed by atoms with Crippen LogP contribution in [0.4, 0.5) is 0 Å². The molecule has 0 radical (unpaired) electrons. The molecule has 0 bridgehead atoms. The summed E-state index contributed by atoms with van der Waals surface area (Å²) in [5, 5.41) is 8.77. The van der Waals surface area contributed by atoms with Gasteiger partial charge in [-0.1, -0.05) is 39.3 Å². The highest BCUT2D eigenvalue weighted by Crippen LogP contribution is 2.39. The molecule has 2 saturated carbocycles. The van der Waals surface area contributed by atoms with E-state index in [0.29, 0.717) is 30.0 Å². The predicted octanol–water partition coefficient (Wildman–Crippen LogP) is 6.46. The lowest BCUT2D eigenvalue weighted by Crippen LogP contribution is -2.22. The van der Waals surface area contributed by atoms with Gasteiger partial charge in [0.15, 0.2) is 10.6 Å². The van der Waals surface area contributed by atoms with Crippen LogP contribution in [0.5, 0.6) is 0 Å². The molecular weight excluding hydrogens is 596 g/mol. The first-order chi connectivity index (χ1) is 15.9. The van der Waals surface area contributed by atoms with Gasteiger partial charge in [0, 0.05) is 41.2 Å². The van der Waals surface area contributed by atoms with E-state index in [1.54, 1.807) is 4.68 Å². The summed E-state index contributed by atoms with van der Waals surface area (Å²) < 4.78 is 16.5. The Morgan fingerprint density at radius 1 is 0.765 bits per heavy atom. The van der Waals surface area contributed by atoms with Gasteiger partial charge in [0.1, 0.15) is 19.3 Å². The number of aromatic nitrogens is 6. The van der Waals surface area contributed by atoms with Crippen molar-refractivity contribution in [1.29, 1.82) is 0 Å². The maximum atomic E-state index is 5.70. The van der Waals surface area contributed by atoms with E-state index >= 15 is 0 Å². The van der Waals surface area contributed by atoms with Crippen LogP contribution in [0.1, 0.15) is 49.2 Å². The molecule has 2 aromatic heterocycles. The van der Waals surface area contributed by atoms with Crippen molar-refractivity contribution in [3.05, 3.63) is 21.1 Å². The molecule has 0 spiro atoms. The number of rotatable bonds is 12. The smallest absolute Gasteiger partial charge is 0.217 e. The van der Waals surface area contributed by atoms with Crippen molar-refractivity contribution < 1.29 is 9.47 Å². The topological polar surface area (TPSA) is 79.9 Å². The van der Waals surface area contributed by atoms with E-state index in [-0.39, 0.29) is 0 Å². The lowest BCUT2D eigenvalue weighted by molar-refractivity contribution is 0.0759. The normalized spacial score (nSPS) is 16.5. The summed E-state index contributed by atoms with van der Waals surface area (Å²) in [4.78, 5) is 8.79. The van der Waals surface area contributed by atoms with Gasteiger partial charge in [-0.3, -0.25) is 0 Å². The highest BCUT2D eigenvalue weighted by Gasteiger charge is 2.30. The molecule has 0 atom stereocenters. The van der Waals surface area contributed by atoms with E-state index < -0.39 is 16.1 Å². The second-order valence-electron chi connectivity index (χ2n) is 11.7. The fourth-order valence-electron chi connectivity index (χ4n) is 3.06. The van der Waals surface area contributed by atoms with E-state index in [2.05, 4.69) is 91.3 Å². The van der Waals surface area contributed by atoms with Crippen molar-refractivity contribution >= 4 is 48.0 Å². The van der Waals surface area contributed by atoms with Crippen molar-refractivity contribution in [1.82, 2.24) is 29.5 Å². The molecule has 34 heavy (non-hydrogen) atoms. The first-order valence-electron chi connectivity index (χ1n) is 12.3. The van der Waals surface area contributed by atoms with Crippen LogP contribution in [-0.2, 0) is 22.9 Å². The van der Waals surface area contributed by atoms with Gasteiger partial charge in [0.05, 0.1) is 0 Å². The summed E-state index contributed by atoms with van der Waals surface area (Å²) >= 11 is 6.75. The Hall–Kier alpha value is -0.406. The van der Waals surface area contributed by atoms with E-state index in [1.807, 2.05) is 4.68 Å². The number of ether oxygens (including phenoxy) is 2. The van der Waals surface area contributed by atoms with Crippen LogP contribution in [0, 0.1) is 0 Å². The van der Waals surface area contributed by atoms with E-state index in [9.17, 15) is 0 Å². The summed E-state index contributed by atoms with van der Waals surface area (Å²) in [7, 11) is -1.99. The van der Waals surface area contributed by atoms with Gasteiger partial charge in [-0.25, -0.2) is 19.3 Å². The Labute approximate surface area is 222 Å². The summed E-state index contributed by atoms with van der Waals surface area (Å²) in [6.45, 7) is 16.8. The highest BCUT2D eigenvalue weighted by molar-refractivity contribution is 9.10. The molecule has 0 unspecified atom stereocenters. The molecule has 8 nitrogen and oxygen atoms in total. The molecule has 0 N–H and O–H groups in total. The first kappa shape index (κ1) is 28.2. The van der Waals surface area contributed by atoms with Crippen LogP contribution < -0.4 is 0 Å². The minimum Gasteiger partial charge on any atom is -0.359 e. The fraction of sp³-hybridized carbons (Fsp3) is 0.818. The molecule has 2 aliphatic rings. The van der Waals surface area contributed by atoms with Crippen LogP contribution in [0.2, 0.25) is 51.4 Å². The average Bonchev–Trinajstić information content (AvgIpc) is 3.64. The third-order valence-electron chi connectivity index (χ3n) is 5.62. The van der Waals surface area contributed by atoms with Gasteiger partial charge in [-0.05, 0) is 69.6 Å². The summed E-state index contributed by atoms with van der Waals surface area (Å²) in [5.74, 6) is 3.24. The first-order valence-corrected chi connectivity index (χ1v) is 21.3. The van der Waals surface area contributed by atoms with Crippen molar-refractivity contribution in [2.75, 3.05) is 13.2 Å². The quantitative estimate of drug-likeness (QED) is 0.197. The molecule has 0 aliphatic heterocycles. The van der Waals surface area contributed by atoms with Gasteiger partial charge >= 0.3 is 0 Å². The highest BCUT2D eigenvalue weighted by atomic mass is 79.9. The van der Waals surface area contributed by atoms with E-state index in [1.165, 1.54) is 37.8 Å². The van der Waals surface area contributed by atoms with E-state index in [4.69, 9.17) is 9.47 Å². The monoisotopic (exact) mass is 634 g/mol. The lowest BCUT2D eigenvalue weighted by atomic mass is 10.4. The molecule has 0 aromatic carbocycles. The van der Waals surface area contributed by atoms with Crippen molar-refractivity contribution in [3.8, 4) is 0 Å². The maximum absolute atomic E-state index is 5.70. The molecule has 2 fully saturated rings. The zero-order valence-corrected chi connectivity index (χ0v) is 26.7. The average molecular weight is 637 g/mol. The van der Waals surface area contributed by atoms with Crippen LogP contribution in [0.25, 0.3) is 0 Å². The summed E-state index contributed by atoms with van der Waals surface area (Å²) in [5.41, 5.74) is 0. The van der Waals surface area contributed by atoms with Crippen molar-refractivity contribution in [2.45, 2.75) is 102 Å². The Balaban J connectivity index is 0.000000191. The molecule has 0 amide bonds. The number of halogens is 2. The fourth-order valence-corrected chi connectivity index (χ4v) is 5.31. The number of hydrogen-bond donors (Lipinski definition) is 0. The van der Waals surface area contributed by atoms with Gasteiger partial charge in [0.2, 0.25) is 4.73 Å². The molecule has 0 saturated heterocycles. The molecular formula is C22H40Br2N6O2Si2. The van der Waals surface area contributed by atoms with Crippen molar-refractivity contribution in [2.24, 2.45) is 0 Å². The van der Waals surface area contributed by atoms with Gasteiger partial charge in [-0.15, -0.1) is 5.10 Å². The van der Waals surface area contributed by atoms with Crippen LogP contribution in [-0.4, -0.2) is 58.9 Å². The molecule has 192 valence electrons. The zero-order valence-electron chi connectivity index (χ0n) is 21.5. The Morgan fingerprint density at radius 2 is 1.29 bits per heavy atom. The molecule has 4 rings (SSSR count). The lowest BCUT2D eigenvalue weighted by Gasteiger charge is -2.15. The van der Waals surface area contributed by atoms with Crippen LogP contribution in [0.3, 0.4) is 0 Å². The SMILES string of the molecule is C[Si](C)(C)CCOCn1nc(Br)nc1C1CC1.C[Si](C)(C)CCOCn1nc(C2CC2)nc1Br. The third kappa shape index (κ3) is 10.3. The van der Waals surface area contributed by atoms with Crippen LogP contribution >= 0.6 is 31.9 Å². The summed E-state index contributed by atoms with van der Waals surface area (Å²) in [6.07, 6.45) is 4.93. The molecule has 12 heteroatoms. The maximum Gasteiger partial charge on any atom is 0.217 e. The van der Waals surface area contributed by atoms with Gasteiger partial charge in [0.25, 0.3) is 0 Å². The third-order valence-corrected chi connectivity index (χ3v) is 9.95. The molecule has 2 aromatic rings. The predicted molar refractivity (Wildman–Crippen MR) is 148 cm³/mol. The Kier molecular flexibility index (Phi) is 10.1. The number of nitrogens with zero attached hydrogens (tertiary/aromatic N) is 6.